The van der Waals surface area contributed by atoms with E-state index in [2.05, 4.69) is 10.4 Å². The monoisotopic (exact) mass is 377 g/mol. The van der Waals surface area contributed by atoms with Gasteiger partial charge in [0.15, 0.2) is 6.61 Å². The lowest BCUT2D eigenvalue weighted by molar-refractivity contribution is -0.123. The van der Waals surface area contributed by atoms with Crippen molar-refractivity contribution in [3.8, 4) is 17.0 Å². The zero-order chi connectivity index (χ0) is 19.9. The van der Waals surface area contributed by atoms with Crippen LogP contribution in [0.3, 0.4) is 0 Å². The van der Waals surface area contributed by atoms with Gasteiger partial charge in [0.05, 0.1) is 12.2 Å². The summed E-state index contributed by atoms with van der Waals surface area (Å²) in [6, 6.07) is 18.6. The van der Waals surface area contributed by atoms with Gasteiger partial charge in [-0.15, -0.1) is 0 Å². The van der Waals surface area contributed by atoms with Gasteiger partial charge >= 0.3 is 0 Å². The Kier molecular flexibility index (Phi) is 6.22. The Labute approximate surface area is 163 Å². The quantitative estimate of drug-likeness (QED) is 0.687. The van der Waals surface area contributed by atoms with Gasteiger partial charge in [0.2, 0.25) is 0 Å². The number of benzene rings is 2. The van der Waals surface area contributed by atoms with Gasteiger partial charge in [-0.3, -0.25) is 9.59 Å². The van der Waals surface area contributed by atoms with Crippen LogP contribution >= 0.6 is 0 Å². The normalized spacial score (nSPS) is 10.5. The van der Waals surface area contributed by atoms with E-state index < -0.39 is 0 Å². The van der Waals surface area contributed by atoms with Gasteiger partial charge in [-0.1, -0.05) is 42.0 Å². The molecule has 0 saturated heterocycles. The first-order valence-corrected chi connectivity index (χ1v) is 9.13. The molecule has 0 fully saturated rings. The second-order valence-corrected chi connectivity index (χ2v) is 6.60. The highest BCUT2D eigenvalue weighted by molar-refractivity contribution is 5.77. The fraction of sp³-hybridized carbons (Fsp3) is 0.227. The number of nitrogens with one attached hydrogen (secondary N) is 1. The summed E-state index contributed by atoms with van der Waals surface area (Å²) in [6.45, 7) is 4.48. The van der Waals surface area contributed by atoms with Gasteiger partial charge in [0, 0.05) is 18.2 Å². The minimum absolute atomic E-state index is 0.0742. The topological polar surface area (TPSA) is 73.2 Å². The summed E-state index contributed by atoms with van der Waals surface area (Å²) in [5, 5.41) is 7.14. The van der Waals surface area contributed by atoms with Crippen molar-refractivity contribution >= 4 is 5.91 Å². The number of aromatic nitrogens is 2. The minimum Gasteiger partial charge on any atom is -0.484 e. The third-order valence-corrected chi connectivity index (χ3v) is 4.22. The molecule has 1 N–H and O–H groups in total. The predicted molar refractivity (Wildman–Crippen MR) is 108 cm³/mol. The lowest BCUT2D eigenvalue weighted by Gasteiger charge is -2.10. The van der Waals surface area contributed by atoms with E-state index in [1.807, 2.05) is 56.3 Å². The maximum Gasteiger partial charge on any atom is 0.266 e. The van der Waals surface area contributed by atoms with E-state index in [0.29, 0.717) is 18.0 Å². The second-order valence-electron chi connectivity index (χ2n) is 6.60. The van der Waals surface area contributed by atoms with Crippen LogP contribution in [0.25, 0.3) is 11.3 Å². The van der Waals surface area contributed by atoms with Crippen LogP contribution in [0.5, 0.6) is 5.75 Å². The minimum atomic E-state index is -0.246. The molecule has 0 bridgehead atoms. The molecule has 2 aromatic carbocycles. The lowest BCUT2D eigenvalue weighted by Crippen LogP contribution is -2.34. The molecular weight excluding hydrogens is 354 g/mol. The molecule has 6 nitrogen and oxygen atoms in total. The second kappa shape index (κ2) is 8.99. The number of amides is 1. The van der Waals surface area contributed by atoms with Crippen LogP contribution in [0.2, 0.25) is 0 Å². The standard InChI is InChI=1S/C22H23N3O3/c1-16-6-8-18(9-7-16)20-10-11-22(27)25(24-20)13-12-23-21(26)15-28-19-5-3-4-17(2)14-19/h3-11,14H,12-13,15H2,1-2H3,(H,23,26). The van der Waals surface area contributed by atoms with Crippen LogP contribution in [-0.2, 0) is 11.3 Å². The Balaban J connectivity index is 1.54. The molecule has 28 heavy (non-hydrogen) atoms. The first-order valence-electron chi connectivity index (χ1n) is 9.13. The highest BCUT2D eigenvalue weighted by Crippen LogP contribution is 2.15. The van der Waals surface area contributed by atoms with Crippen LogP contribution in [0.4, 0.5) is 0 Å². The van der Waals surface area contributed by atoms with Gasteiger partial charge < -0.3 is 10.1 Å². The Hall–Kier alpha value is -3.41. The number of carbonyl (C=O) groups excluding carboxylic acids is 1. The van der Waals surface area contributed by atoms with E-state index in [-0.39, 0.29) is 24.6 Å². The zero-order valence-corrected chi connectivity index (χ0v) is 16.0. The number of ether oxygens (including phenoxy) is 1. The van der Waals surface area contributed by atoms with Crippen LogP contribution < -0.4 is 15.6 Å². The van der Waals surface area contributed by atoms with Gasteiger partial charge in [-0.25, -0.2) is 4.68 Å². The first kappa shape index (κ1) is 19.4. The number of carbonyl (C=O) groups is 1. The van der Waals surface area contributed by atoms with Crippen molar-refractivity contribution in [3.63, 3.8) is 0 Å². The Morgan fingerprint density at radius 3 is 2.57 bits per heavy atom. The van der Waals surface area contributed by atoms with Crippen molar-refractivity contribution < 1.29 is 9.53 Å². The lowest BCUT2D eigenvalue weighted by atomic mass is 10.1. The largest absolute Gasteiger partial charge is 0.484 e. The molecule has 3 rings (SSSR count). The molecule has 0 saturated carbocycles. The third-order valence-electron chi connectivity index (χ3n) is 4.22. The molecule has 0 radical (unpaired) electrons. The van der Waals surface area contributed by atoms with Gasteiger partial charge in [0.1, 0.15) is 5.75 Å². The highest BCUT2D eigenvalue weighted by Gasteiger charge is 2.06. The van der Waals surface area contributed by atoms with E-state index in [0.717, 1.165) is 16.7 Å². The number of hydrogen-bond acceptors (Lipinski definition) is 4. The van der Waals surface area contributed by atoms with Crippen molar-refractivity contribution in [2.45, 2.75) is 20.4 Å². The molecule has 0 aliphatic carbocycles. The summed E-state index contributed by atoms with van der Waals surface area (Å²) < 4.78 is 6.82. The number of nitrogens with zero attached hydrogens (tertiary/aromatic N) is 2. The van der Waals surface area contributed by atoms with Crippen molar-refractivity contribution in [2.75, 3.05) is 13.2 Å². The molecule has 1 heterocycles. The van der Waals surface area contributed by atoms with Crippen molar-refractivity contribution in [2.24, 2.45) is 0 Å². The third kappa shape index (κ3) is 5.30. The molecule has 6 heteroatoms. The summed E-state index contributed by atoms with van der Waals surface area (Å²) >= 11 is 0. The van der Waals surface area contributed by atoms with E-state index in [4.69, 9.17) is 4.74 Å². The van der Waals surface area contributed by atoms with Crippen LogP contribution in [-0.4, -0.2) is 28.8 Å². The van der Waals surface area contributed by atoms with E-state index in [1.165, 1.54) is 10.7 Å². The molecule has 144 valence electrons. The van der Waals surface area contributed by atoms with E-state index in [9.17, 15) is 9.59 Å². The fourth-order valence-electron chi connectivity index (χ4n) is 2.69. The predicted octanol–water partition coefficient (Wildman–Crippen LogP) is 2.72. The number of rotatable bonds is 7. The Morgan fingerprint density at radius 1 is 1.04 bits per heavy atom. The van der Waals surface area contributed by atoms with E-state index >= 15 is 0 Å². The van der Waals surface area contributed by atoms with Gasteiger partial charge in [-0.2, -0.15) is 5.10 Å². The molecule has 0 spiro atoms. The molecule has 0 unspecified atom stereocenters. The van der Waals surface area contributed by atoms with Crippen LogP contribution in [0.15, 0.2) is 65.5 Å². The van der Waals surface area contributed by atoms with Crippen molar-refractivity contribution in [1.82, 2.24) is 15.1 Å². The molecular formula is C22H23N3O3. The summed E-state index contributed by atoms with van der Waals surface area (Å²) in [4.78, 5) is 24.0. The molecule has 0 atom stereocenters. The van der Waals surface area contributed by atoms with Gasteiger partial charge in [0.25, 0.3) is 11.5 Å². The highest BCUT2D eigenvalue weighted by atomic mass is 16.5. The Morgan fingerprint density at radius 2 is 1.82 bits per heavy atom. The Bertz CT molecular complexity index is 1010. The van der Waals surface area contributed by atoms with Crippen LogP contribution in [0, 0.1) is 13.8 Å². The van der Waals surface area contributed by atoms with Gasteiger partial charge in [-0.05, 0) is 37.6 Å². The average molecular weight is 377 g/mol. The van der Waals surface area contributed by atoms with Crippen molar-refractivity contribution in [3.05, 3.63) is 82.1 Å². The van der Waals surface area contributed by atoms with Crippen LogP contribution in [0.1, 0.15) is 11.1 Å². The maximum atomic E-state index is 12.0. The molecule has 0 aliphatic heterocycles. The average Bonchev–Trinajstić information content (AvgIpc) is 2.68. The summed E-state index contributed by atoms with van der Waals surface area (Å²) in [7, 11) is 0. The molecule has 3 aromatic rings. The molecule has 0 aliphatic rings. The summed E-state index contributed by atoms with van der Waals surface area (Å²) in [5.41, 5.74) is 3.68. The molecule has 1 amide bonds. The zero-order valence-electron chi connectivity index (χ0n) is 16.0. The molecule has 1 aromatic heterocycles. The fourth-order valence-corrected chi connectivity index (χ4v) is 2.69. The number of hydrogen-bond donors (Lipinski definition) is 1. The van der Waals surface area contributed by atoms with E-state index in [1.54, 1.807) is 12.1 Å². The summed E-state index contributed by atoms with van der Waals surface area (Å²) in [6.07, 6.45) is 0. The summed E-state index contributed by atoms with van der Waals surface area (Å²) in [5.74, 6) is 0.406. The maximum absolute atomic E-state index is 12.0. The SMILES string of the molecule is Cc1ccc(-c2ccc(=O)n(CCNC(=O)COc3cccc(C)c3)n2)cc1. The number of aryl methyl sites for hydroxylation is 2. The van der Waals surface area contributed by atoms with Crippen molar-refractivity contribution in [1.29, 1.82) is 0 Å². The smallest absolute Gasteiger partial charge is 0.266 e. The first-order chi connectivity index (χ1) is 13.5.